The summed E-state index contributed by atoms with van der Waals surface area (Å²) in [6.07, 6.45) is 4.75. The molecule has 1 N–H and O–H groups in total. The van der Waals surface area contributed by atoms with Gasteiger partial charge in [0.15, 0.2) is 0 Å². The van der Waals surface area contributed by atoms with E-state index in [1.807, 2.05) is 28.8 Å². The van der Waals surface area contributed by atoms with E-state index >= 15 is 0 Å². The molecule has 2 aliphatic rings. The van der Waals surface area contributed by atoms with Crippen molar-refractivity contribution in [2.75, 3.05) is 19.7 Å². The Bertz CT molecular complexity index is 727. The van der Waals surface area contributed by atoms with E-state index in [1.54, 1.807) is 0 Å². The van der Waals surface area contributed by atoms with Crippen LogP contribution < -0.4 is 5.69 Å². The summed E-state index contributed by atoms with van der Waals surface area (Å²) in [4.78, 5) is 17.9. The van der Waals surface area contributed by atoms with E-state index in [0.29, 0.717) is 18.2 Å². The third kappa shape index (κ3) is 2.83. The molecule has 0 radical (unpaired) electrons. The second kappa shape index (κ2) is 6.13. The highest BCUT2D eigenvalue weighted by atomic mass is 16.5. The van der Waals surface area contributed by atoms with Crippen LogP contribution in [0.15, 0.2) is 29.1 Å². The van der Waals surface area contributed by atoms with Crippen molar-refractivity contribution in [1.29, 1.82) is 0 Å². The lowest BCUT2D eigenvalue weighted by Gasteiger charge is -2.40. The second-order valence-corrected chi connectivity index (χ2v) is 6.94. The van der Waals surface area contributed by atoms with E-state index in [0.717, 1.165) is 56.4 Å². The molecule has 124 valence electrons. The molecule has 2 aromatic rings. The summed E-state index contributed by atoms with van der Waals surface area (Å²) in [5.41, 5.74) is 2.01. The number of ether oxygens (including phenoxy) is 1. The fourth-order valence-electron chi connectivity index (χ4n) is 4.25. The lowest BCUT2D eigenvalue weighted by Crippen LogP contribution is -2.46. The average Bonchev–Trinajstić information content (AvgIpc) is 2.91. The van der Waals surface area contributed by atoms with Crippen molar-refractivity contribution < 1.29 is 4.74 Å². The SMILES string of the molecule is CC1CC(N2CCC(n3c(=O)[nH]c4ccccc43)CC2)CCO1. The van der Waals surface area contributed by atoms with Crippen molar-refractivity contribution in [3.8, 4) is 0 Å². The Hall–Kier alpha value is -1.59. The molecule has 0 spiro atoms. The topological polar surface area (TPSA) is 50.3 Å². The number of nitrogens with zero attached hydrogens (tertiary/aromatic N) is 2. The largest absolute Gasteiger partial charge is 0.378 e. The predicted octanol–water partition coefficient (Wildman–Crippen LogP) is 2.53. The fourth-order valence-corrected chi connectivity index (χ4v) is 4.25. The predicted molar refractivity (Wildman–Crippen MR) is 90.8 cm³/mol. The van der Waals surface area contributed by atoms with Gasteiger partial charge in [-0.25, -0.2) is 4.79 Å². The average molecular weight is 315 g/mol. The van der Waals surface area contributed by atoms with Crippen LogP contribution in [0.2, 0.25) is 0 Å². The number of piperidine rings is 1. The third-order valence-electron chi connectivity index (χ3n) is 5.46. The fraction of sp³-hybridized carbons (Fsp3) is 0.611. The summed E-state index contributed by atoms with van der Waals surface area (Å²) >= 11 is 0. The lowest BCUT2D eigenvalue weighted by molar-refractivity contribution is -0.0241. The molecule has 3 heterocycles. The number of hydrogen-bond acceptors (Lipinski definition) is 3. The van der Waals surface area contributed by atoms with E-state index in [4.69, 9.17) is 4.74 Å². The normalized spacial score (nSPS) is 27.5. The van der Waals surface area contributed by atoms with Crippen molar-refractivity contribution >= 4 is 11.0 Å². The van der Waals surface area contributed by atoms with E-state index in [2.05, 4.69) is 16.8 Å². The molecule has 0 amide bonds. The van der Waals surface area contributed by atoms with Crippen LogP contribution in [-0.2, 0) is 4.74 Å². The van der Waals surface area contributed by atoms with E-state index in [9.17, 15) is 4.79 Å². The smallest absolute Gasteiger partial charge is 0.326 e. The standard InChI is InChI=1S/C18H25N3O2/c1-13-12-15(8-11-23-13)20-9-6-14(7-10-20)21-17-5-3-2-4-16(17)19-18(21)22/h2-5,13-15H,6-12H2,1H3,(H,19,22). The molecular weight excluding hydrogens is 290 g/mol. The molecule has 2 fully saturated rings. The van der Waals surface area contributed by atoms with Gasteiger partial charge in [-0.1, -0.05) is 12.1 Å². The van der Waals surface area contributed by atoms with E-state index in [1.165, 1.54) is 0 Å². The molecule has 1 aromatic heterocycles. The Morgan fingerprint density at radius 3 is 2.70 bits per heavy atom. The highest BCUT2D eigenvalue weighted by molar-refractivity contribution is 5.75. The molecule has 0 saturated carbocycles. The summed E-state index contributed by atoms with van der Waals surface area (Å²) in [5.74, 6) is 0. The minimum atomic E-state index is 0.0318. The van der Waals surface area contributed by atoms with Gasteiger partial charge in [0.2, 0.25) is 0 Å². The molecule has 2 atom stereocenters. The van der Waals surface area contributed by atoms with Crippen LogP contribution in [0.25, 0.3) is 11.0 Å². The molecule has 2 saturated heterocycles. The summed E-state index contributed by atoms with van der Waals surface area (Å²) in [7, 11) is 0. The number of para-hydroxylation sites is 2. The summed E-state index contributed by atoms with van der Waals surface area (Å²) in [6, 6.07) is 8.96. The van der Waals surface area contributed by atoms with Gasteiger partial charge in [0.1, 0.15) is 0 Å². The number of imidazole rings is 1. The number of H-pyrrole nitrogens is 1. The van der Waals surface area contributed by atoms with Crippen LogP contribution in [0.5, 0.6) is 0 Å². The number of nitrogens with one attached hydrogen (secondary N) is 1. The maximum Gasteiger partial charge on any atom is 0.326 e. The number of likely N-dealkylation sites (tertiary alicyclic amines) is 1. The molecule has 2 aliphatic heterocycles. The lowest BCUT2D eigenvalue weighted by atomic mass is 9.97. The van der Waals surface area contributed by atoms with Gasteiger partial charge in [-0.05, 0) is 44.7 Å². The number of hydrogen-bond donors (Lipinski definition) is 1. The number of fused-ring (bicyclic) bond motifs is 1. The zero-order valence-electron chi connectivity index (χ0n) is 13.7. The maximum atomic E-state index is 12.3. The van der Waals surface area contributed by atoms with E-state index < -0.39 is 0 Å². The molecular formula is C18H25N3O2. The number of benzene rings is 1. The van der Waals surface area contributed by atoms with Gasteiger partial charge >= 0.3 is 5.69 Å². The Morgan fingerprint density at radius 2 is 1.91 bits per heavy atom. The molecule has 0 bridgehead atoms. The van der Waals surface area contributed by atoms with Crippen LogP contribution in [0.1, 0.15) is 38.6 Å². The van der Waals surface area contributed by atoms with Crippen LogP contribution in [0, 0.1) is 0 Å². The minimum absolute atomic E-state index is 0.0318. The Kier molecular flexibility index (Phi) is 3.99. The number of aromatic amines is 1. The van der Waals surface area contributed by atoms with Crippen LogP contribution in [-0.4, -0.2) is 46.3 Å². The van der Waals surface area contributed by atoms with E-state index in [-0.39, 0.29) is 5.69 Å². The van der Waals surface area contributed by atoms with Gasteiger partial charge in [-0.3, -0.25) is 4.57 Å². The monoisotopic (exact) mass is 315 g/mol. The van der Waals surface area contributed by atoms with Crippen molar-refractivity contribution in [2.45, 2.75) is 50.8 Å². The highest BCUT2D eigenvalue weighted by Crippen LogP contribution is 2.28. The first-order valence-corrected chi connectivity index (χ1v) is 8.77. The maximum absolute atomic E-state index is 12.3. The van der Waals surface area contributed by atoms with Gasteiger partial charge in [0, 0.05) is 31.8 Å². The quantitative estimate of drug-likeness (QED) is 0.926. The van der Waals surface area contributed by atoms with Gasteiger partial charge in [0.25, 0.3) is 0 Å². The first kappa shape index (κ1) is 15.0. The number of rotatable bonds is 2. The van der Waals surface area contributed by atoms with Gasteiger partial charge in [-0.2, -0.15) is 0 Å². The van der Waals surface area contributed by atoms with Crippen LogP contribution in [0.3, 0.4) is 0 Å². The number of aromatic nitrogens is 2. The Labute approximate surface area is 136 Å². The molecule has 5 heteroatoms. The molecule has 4 rings (SSSR count). The van der Waals surface area contributed by atoms with Crippen LogP contribution >= 0.6 is 0 Å². The molecule has 1 aromatic carbocycles. The molecule has 5 nitrogen and oxygen atoms in total. The zero-order valence-corrected chi connectivity index (χ0v) is 13.7. The first-order valence-electron chi connectivity index (χ1n) is 8.77. The molecule has 2 unspecified atom stereocenters. The summed E-state index contributed by atoms with van der Waals surface area (Å²) in [5, 5.41) is 0. The second-order valence-electron chi connectivity index (χ2n) is 6.94. The zero-order chi connectivity index (χ0) is 15.8. The van der Waals surface area contributed by atoms with Crippen molar-refractivity contribution in [3.05, 3.63) is 34.7 Å². The Morgan fingerprint density at radius 1 is 1.13 bits per heavy atom. The molecule has 23 heavy (non-hydrogen) atoms. The van der Waals surface area contributed by atoms with Crippen LogP contribution in [0.4, 0.5) is 0 Å². The van der Waals surface area contributed by atoms with Gasteiger partial charge in [0.05, 0.1) is 17.1 Å². The highest BCUT2D eigenvalue weighted by Gasteiger charge is 2.30. The summed E-state index contributed by atoms with van der Waals surface area (Å²) < 4.78 is 7.64. The minimum Gasteiger partial charge on any atom is -0.378 e. The Balaban J connectivity index is 1.49. The summed E-state index contributed by atoms with van der Waals surface area (Å²) in [6.45, 7) is 5.21. The van der Waals surface area contributed by atoms with Crippen molar-refractivity contribution in [1.82, 2.24) is 14.5 Å². The van der Waals surface area contributed by atoms with Crippen molar-refractivity contribution in [3.63, 3.8) is 0 Å². The first-order chi connectivity index (χ1) is 11.2. The van der Waals surface area contributed by atoms with Crippen molar-refractivity contribution in [2.24, 2.45) is 0 Å². The van der Waals surface area contributed by atoms with Gasteiger partial charge in [-0.15, -0.1) is 0 Å². The molecule has 0 aliphatic carbocycles. The van der Waals surface area contributed by atoms with Gasteiger partial charge < -0.3 is 14.6 Å². The third-order valence-corrected chi connectivity index (χ3v) is 5.46.